The zero-order valence-electron chi connectivity index (χ0n) is 8.28. The fraction of sp³-hybridized carbons (Fsp3) is 0.500. The van der Waals surface area contributed by atoms with Crippen molar-refractivity contribution < 1.29 is 4.79 Å². The summed E-state index contributed by atoms with van der Waals surface area (Å²) in [4.78, 5) is 15.5. The van der Waals surface area contributed by atoms with Gasteiger partial charge in [-0.05, 0) is 36.8 Å². The van der Waals surface area contributed by atoms with E-state index in [9.17, 15) is 4.79 Å². The summed E-state index contributed by atoms with van der Waals surface area (Å²) >= 11 is 0. The number of aryl methyl sites for hydroxylation is 1. The van der Waals surface area contributed by atoms with Gasteiger partial charge in [0.1, 0.15) is 5.78 Å². The molecular weight excluding hydrogens is 174 g/mol. The molecule has 2 heteroatoms. The van der Waals surface area contributed by atoms with Gasteiger partial charge in [-0.2, -0.15) is 0 Å². The number of Topliss-reactive ketones (excluding diaryl/α,β-unsaturated/α-hetero) is 1. The van der Waals surface area contributed by atoms with Gasteiger partial charge in [0.25, 0.3) is 0 Å². The molecule has 1 aromatic rings. The molecule has 1 aromatic heterocycles. The molecule has 0 N–H and O–H groups in total. The summed E-state index contributed by atoms with van der Waals surface area (Å²) in [6, 6.07) is 3.94. The van der Waals surface area contributed by atoms with Crippen molar-refractivity contribution in [3.8, 4) is 0 Å². The van der Waals surface area contributed by atoms with Crippen molar-refractivity contribution >= 4 is 5.78 Å². The zero-order valence-corrected chi connectivity index (χ0v) is 8.28. The molecule has 2 nitrogen and oxygen atoms in total. The minimum absolute atomic E-state index is 0.413. The number of aromatic nitrogens is 1. The minimum atomic E-state index is 0.413. The molecular formula is C12H15NO. The fourth-order valence-corrected chi connectivity index (χ4v) is 1.58. The highest BCUT2D eigenvalue weighted by molar-refractivity contribution is 5.79. The second-order valence-electron chi connectivity index (χ2n) is 4.05. The summed E-state index contributed by atoms with van der Waals surface area (Å²) in [6.07, 6.45) is 8.46. The second kappa shape index (κ2) is 4.36. The Morgan fingerprint density at radius 3 is 3.00 bits per heavy atom. The number of rotatable bonds is 5. The normalized spacial score (nSPS) is 15.4. The van der Waals surface area contributed by atoms with Crippen molar-refractivity contribution in [2.45, 2.75) is 32.1 Å². The van der Waals surface area contributed by atoms with Gasteiger partial charge in [0.2, 0.25) is 0 Å². The third-order valence-electron chi connectivity index (χ3n) is 2.63. The van der Waals surface area contributed by atoms with Gasteiger partial charge in [0.15, 0.2) is 0 Å². The number of ketones is 1. The molecule has 1 aliphatic rings. The predicted octanol–water partition coefficient (Wildman–Crippen LogP) is 2.38. The fourth-order valence-electron chi connectivity index (χ4n) is 1.58. The maximum atomic E-state index is 11.4. The number of hydrogen-bond acceptors (Lipinski definition) is 2. The largest absolute Gasteiger partial charge is 0.300 e. The Hall–Kier alpha value is -1.18. The van der Waals surface area contributed by atoms with Crippen LogP contribution in [-0.4, -0.2) is 10.8 Å². The van der Waals surface area contributed by atoms with Crippen molar-refractivity contribution in [1.29, 1.82) is 0 Å². The molecule has 0 atom stereocenters. The van der Waals surface area contributed by atoms with Gasteiger partial charge in [0.05, 0.1) is 0 Å². The number of nitrogens with zero attached hydrogens (tertiary/aromatic N) is 1. The second-order valence-corrected chi connectivity index (χ2v) is 4.05. The molecule has 1 fully saturated rings. The first kappa shape index (κ1) is 9.38. The Balaban J connectivity index is 1.73. The van der Waals surface area contributed by atoms with E-state index in [0.29, 0.717) is 12.2 Å². The molecule has 0 spiro atoms. The van der Waals surface area contributed by atoms with E-state index in [-0.39, 0.29) is 0 Å². The average Bonchev–Trinajstić information content (AvgIpc) is 3.00. The van der Waals surface area contributed by atoms with E-state index in [0.717, 1.165) is 24.3 Å². The summed E-state index contributed by atoms with van der Waals surface area (Å²) in [7, 11) is 0. The van der Waals surface area contributed by atoms with Crippen LogP contribution >= 0.6 is 0 Å². The molecule has 74 valence electrons. The molecule has 14 heavy (non-hydrogen) atoms. The highest BCUT2D eigenvalue weighted by Crippen LogP contribution is 2.32. The van der Waals surface area contributed by atoms with Crippen LogP contribution < -0.4 is 0 Å². The van der Waals surface area contributed by atoms with E-state index in [1.807, 2.05) is 18.3 Å². The summed E-state index contributed by atoms with van der Waals surface area (Å²) in [6.45, 7) is 0. The van der Waals surface area contributed by atoms with E-state index < -0.39 is 0 Å². The monoisotopic (exact) mass is 189 g/mol. The van der Waals surface area contributed by atoms with Gasteiger partial charge >= 0.3 is 0 Å². The number of carbonyl (C=O) groups is 1. The Kier molecular flexibility index (Phi) is 2.92. The lowest BCUT2D eigenvalue weighted by Crippen LogP contribution is -2.01. The first-order chi connectivity index (χ1) is 6.84. The maximum Gasteiger partial charge on any atom is 0.133 e. The lowest BCUT2D eigenvalue weighted by atomic mass is 10.1. The average molecular weight is 189 g/mol. The van der Waals surface area contributed by atoms with E-state index in [1.165, 1.54) is 12.8 Å². The van der Waals surface area contributed by atoms with Crippen LogP contribution in [0.3, 0.4) is 0 Å². The van der Waals surface area contributed by atoms with Crippen LogP contribution in [0, 0.1) is 5.92 Å². The van der Waals surface area contributed by atoms with Crippen LogP contribution in [0.4, 0.5) is 0 Å². The lowest BCUT2D eigenvalue weighted by Gasteiger charge is -1.99. The summed E-state index contributed by atoms with van der Waals surface area (Å²) < 4.78 is 0. The summed E-state index contributed by atoms with van der Waals surface area (Å²) in [5.41, 5.74) is 1.16. The van der Waals surface area contributed by atoms with Crippen molar-refractivity contribution in [3.63, 3.8) is 0 Å². The quantitative estimate of drug-likeness (QED) is 0.711. The molecule has 1 heterocycles. The number of pyridine rings is 1. The van der Waals surface area contributed by atoms with Gasteiger partial charge in [-0.25, -0.2) is 0 Å². The van der Waals surface area contributed by atoms with E-state index in [2.05, 4.69) is 4.98 Å². The molecule has 1 aliphatic carbocycles. The van der Waals surface area contributed by atoms with Crippen molar-refractivity contribution in [2.75, 3.05) is 0 Å². The van der Waals surface area contributed by atoms with E-state index in [1.54, 1.807) is 6.20 Å². The minimum Gasteiger partial charge on any atom is -0.300 e. The van der Waals surface area contributed by atoms with Gasteiger partial charge < -0.3 is 0 Å². The van der Waals surface area contributed by atoms with Crippen LogP contribution in [0.1, 0.15) is 31.2 Å². The Morgan fingerprint density at radius 1 is 1.50 bits per heavy atom. The zero-order chi connectivity index (χ0) is 9.80. The smallest absolute Gasteiger partial charge is 0.133 e. The van der Waals surface area contributed by atoms with Crippen molar-refractivity contribution in [1.82, 2.24) is 4.98 Å². The van der Waals surface area contributed by atoms with Gasteiger partial charge in [-0.15, -0.1) is 0 Å². The summed E-state index contributed by atoms with van der Waals surface area (Å²) in [5.74, 6) is 1.13. The molecule has 0 radical (unpaired) electrons. The number of carbonyl (C=O) groups excluding carboxylic acids is 1. The predicted molar refractivity (Wildman–Crippen MR) is 54.9 cm³/mol. The van der Waals surface area contributed by atoms with Crippen LogP contribution in [0.15, 0.2) is 24.5 Å². The third kappa shape index (κ3) is 2.95. The Bertz CT molecular complexity index is 303. The summed E-state index contributed by atoms with van der Waals surface area (Å²) in [5, 5.41) is 0. The highest BCUT2D eigenvalue weighted by atomic mass is 16.1. The first-order valence-electron chi connectivity index (χ1n) is 5.25. The molecule has 0 aromatic carbocycles. The first-order valence-corrected chi connectivity index (χ1v) is 5.25. The highest BCUT2D eigenvalue weighted by Gasteiger charge is 2.23. The molecule has 0 aliphatic heterocycles. The number of hydrogen-bond donors (Lipinski definition) is 0. The van der Waals surface area contributed by atoms with Crippen LogP contribution in [0.25, 0.3) is 0 Å². The van der Waals surface area contributed by atoms with Gasteiger partial charge in [-0.3, -0.25) is 9.78 Å². The Labute approximate surface area is 84.4 Å². The lowest BCUT2D eigenvalue weighted by molar-refractivity contribution is -0.119. The topological polar surface area (TPSA) is 30.0 Å². The van der Waals surface area contributed by atoms with Crippen molar-refractivity contribution in [2.24, 2.45) is 5.92 Å². The Morgan fingerprint density at radius 2 is 2.36 bits per heavy atom. The van der Waals surface area contributed by atoms with Gasteiger partial charge in [0, 0.05) is 25.2 Å². The molecule has 0 bridgehead atoms. The standard InChI is InChI=1S/C12H15NO/c14-12(8-10-3-4-10)6-5-11-2-1-7-13-9-11/h1-2,7,9-10H,3-6,8H2. The third-order valence-corrected chi connectivity index (χ3v) is 2.63. The van der Waals surface area contributed by atoms with E-state index >= 15 is 0 Å². The van der Waals surface area contributed by atoms with Crippen molar-refractivity contribution in [3.05, 3.63) is 30.1 Å². The molecule has 0 unspecified atom stereocenters. The van der Waals surface area contributed by atoms with Gasteiger partial charge in [-0.1, -0.05) is 6.07 Å². The van der Waals surface area contributed by atoms with Crippen LogP contribution in [0.2, 0.25) is 0 Å². The molecule has 0 saturated heterocycles. The molecule has 1 saturated carbocycles. The SMILES string of the molecule is O=C(CCc1cccnc1)CC1CC1. The molecule has 2 rings (SSSR count). The molecule has 0 amide bonds. The van der Waals surface area contributed by atoms with E-state index in [4.69, 9.17) is 0 Å². The maximum absolute atomic E-state index is 11.4. The van der Waals surface area contributed by atoms with Crippen LogP contribution in [0.5, 0.6) is 0 Å². The van der Waals surface area contributed by atoms with Crippen LogP contribution in [-0.2, 0) is 11.2 Å².